The third-order valence-electron chi connectivity index (χ3n) is 2.48. The number of nitrogens with one attached hydrogen (secondary N) is 1. The van der Waals surface area contributed by atoms with E-state index in [2.05, 4.69) is 5.32 Å². The lowest BCUT2D eigenvalue weighted by atomic mass is 10.1. The van der Waals surface area contributed by atoms with Crippen LogP contribution in [0.2, 0.25) is 5.02 Å². The van der Waals surface area contributed by atoms with Crippen molar-refractivity contribution in [1.82, 2.24) is 0 Å². The molecule has 0 saturated carbocycles. The smallest absolute Gasteiger partial charge is 0.255 e. The lowest BCUT2D eigenvalue weighted by molar-refractivity contribution is 0.102. The van der Waals surface area contributed by atoms with Gasteiger partial charge in [-0.3, -0.25) is 4.79 Å². The van der Waals surface area contributed by atoms with Crippen molar-refractivity contribution in [2.75, 3.05) is 5.32 Å². The summed E-state index contributed by atoms with van der Waals surface area (Å²) in [6.45, 7) is 1.89. The predicted octanol–water partition coefficient (Wildman–Crippen LogP) is 3.90. The van der Waals surface area contributed by atoms with Gasteiger partial charge in [-0.2, -0.15) is 0 Å². The van der Waals surface area contributed by atoms with Crippen LogP contribution < -0.4 is 5.32 Å². The summed E-state index contributed by atoms with van der Waals surface area (Å²) in [5.41, 5.74) is 2.28. The summed E-state index contributed by atoms with van der Waals surface area (Å²) in [4.78, 5) is 12.0. The number of halogens is 1. The van der Waals surface area contributed by atoms with Crippen molar-refractivity contribution in [1.29, 1.82) is 0 Å². The normalized spacial score (nSPS) is 10.0. The van der Waals surface area contributed by atoms with Gasteiger partial charge >= 0.3 is 0 Å². The second kappa shape index (κ2) is 5.02. The third-order valence-corrected chi connectivity index (χ3v) is 2.71. The van der Waals surface area contributed by atoms with Crippen molar-refractivity contribution < 1.29 is 4.79 Å². The summed E-state index contributed by atoms with van der Waals surface area (Å²) in [7, 11) is 0. The number of carbonyl (C=O) groups is 1. The molecule has 2 aromatic rings. The van der Waals surface area contributed by atoms with E-state index in [9.17, 15) is 4.79 Å². The van der Waals surface area contributed by atoms with Gasteiger partial charge in [-0.25, -0.2) is 0 Å². The van der Waals surface area contributed by atoms with Crippen LogP contribution in [0.5, 0.6) is 0 Å². The Morgan fingerprint density at radius 2 is 1.82 bits per heavy atom. The van der Waals surface area contributed by atoms with E-state index in [1.807, 2.05) is 43.3 Å². The fraction of sp³-hybridized carbons (Fsp3) is 0.0714. The van der Waals surface area contributed by atoms with Crippen LogP contribution in [0, 0.1) is 6.92 Å². The Labute approximate surface area is 105 Å². The zero-order valence-electron chi connectivity index (χ0n) is 9.41. The zero-order chi connectivity index (χ0) is 12.3. The molecular formula is C14H12ClNO. The molecule has 1 N–H and O–H groups in total. The van der Waals surface area contributed by atoms with Gasteiger partial charge in [0.1, 0.15) is 0 Å². The van der Waals surface area contributed by atoms with Crippen LogP contribution in [0.4, 0.5) is 5.69 Å². The number of carbonyl (C=O) groups excluding carboxylic acids is 1. The molecule has 0 saturated heterocycles. The standard InChI is InChI=1S/C14H12ClNO/c1-10-7-8-11(15)9-13(10)14(17)16-12-5-3-2-4-6-12/h2-9H,1H3,(H,16,17). The van der Waals surface area contributed by atoms with Crippen molar-refractivity contribution in [2.24, 2.45) is 0 Å². The molecule has 1 amide bonds. The highest BCUT2D eigenvalue weighted by Crippen LogP contribution is 2.17. The first-order valence-electron chi connectivity index (χ1n) is 5.29. The lowest BCUT2D eigenvalue weighted by Gasteiger charge is -2.07. The van der Waals surface area contributed by atoms with E-state index in [1.54, 1.807) is 12.1 Å². The van der Waals surface area contributed by atoms with Crippen molar-refractivity contribution in [3.05, 3.63) is 64.7 Å². The van der Waals surface area contributed by atoms with Crippen LogP contribution in [0.15, 0.2) is 48.5 Å². The molecule has 0 fully saturated rings. The first kappa shape index (κ1) is 11.7. The Bertz CT molecular complexity index is 537. The van der Waals surface area contributed by atoms with Gasteiger partial charge in [0, 0.05) is 16.3 Å². The van der Waals surface area contributed by atoms with E-state index in [-0.39, 0.29) is 5.91 Å². The Morgan fingerprint density at radius 3 is 2.53 bits per heavy atom. The number of hydrogen-bond acceptors (Lipinski definition) is 1. The molecule has 17 heavy (non-hydrogen) atoms. The molecule has 0 spiro atoms. The lowest BCUT2D eigenvalue weighted by Crippen LogP contribution is -2.13. The quantitative estimate of drug-likeness (QED) is 0.854. The Morgan fingerprint density at radius 1 is 1.12 bits per heavy atom. The third kappa shape index (κ3) is 2.86. The summed E-state index contributed by atoms with van der Waals surface area (Å²) in [6.07, 6.45) is 0. The summed E-state index contributed by atoms with van der Waals surface area (Å²) in [6, 6.07) is 14.6. The van der Waals surface area contributed by atoms with Crippen LogP contribution in [0.1, 0.15) is 15.9 Å². The average Bonchev–Trinajstić information content (AvgIpc) is 2.33. The highest BCUT2D eigenvalue weighted by Gasteiger charge is 2.09. The molecule has 3 heteroatoms. The Hall–Kier alpha value is -1.80. The molecular weight excluding hydrogens is 234 g/mol. The van der Waals surface area contributed by atoms with Crippen LogP contribution in [0.25, 0.3) is 0 Å². The topological polar surface area (TPSA) is 29.1 Å². The number of benzene rings is 2. The summed E-state index contributed by atoms with van der Waals surface area (Å²) < 4.78 is 0. The van der Waals surface area contributed by atoms with E-state index >= 15 is 0 Å². The fourth-order valence-corrected chi connectivity index (χ4v) is 1.73. The van der Waals surface area contributed by atoms with Gasteiger partial charge in [0.25, 0.3) is 5.91 Å². The van der Waals surface area contributed by atoms with Gasteiger partial charge in [0.2, 0.25) is 0 Å². The van der Waals surface area contributed by atoms with Gasteiger partial charge in [0.15, 0.2) is 0 Å². The first-order valence-corrected chi connectivity index (χ1v) is 5.67. The van der Waals surface area contributed by atoms with E-state index < -0.39 is 0 Å². The number of rotatable bonds is 2. The van der Waals surface area contributed by atoms with Crippen LogP contribution in [-0.2, 0) is 0 Å². The molecule has 2 nitrogen and oxygen atoms in total. The van der Waals surface area contributed by atoms with E-state index in [0.717, 1.165) is 11.3 Å². The van der Waals surface area contributed by atoms with Gasteiger partial charge < -0.3 is 5.32 Å². The van der Waals surface area contributed by atoms with Crippen LogP contribution in [-0.4, -0.2) is 5.91 Å². The molecule has 0 atom stereocenters. The minimum absolute atomic E-state index is 0.142. The molecule has 2 aromatic carbocycles. The molecule has 0 radical (unpaired) electrons. The minimum Gasteiger partial charge on any atom is -0.322 e. The summed E-state index contributed by atoms with van der Waals surface area (Å²) in [5.74, 6) is -0.142. The van der Waals surface area contributed by atoms with Crippen molar-refractivity contribution in [3.63, 3.8) is 0 Å². The monoisotopic (exact) mass is 245 g/mol. The summed E-state index contributed by atoms with van der Waals surface area (Å²) >= 11 is 5.88. The van der Waals surface area contributed by atoms with Gasteiger partial charge in [-0.1, -0.05) is 35.9 Å². The van der Waals surface area contributed by atoms with Crippen LogP contribution in [0.3, 0.4) is 0 Å². The molecule has 0 aliphatic carbocycles. The number of anilines is 1. The molecule has 86 valence electrons. The molecule has 0 unspecified atom stereocenters. The highest BCUT2D eigenvalue weighted by molar-refractivity contribution is 6.31. The number of hydrogen-bond donors (Lipinski definition) is 1. The maximum Gasteiger partial charge on any atom is 0.255 e. The van der Waals surface area contributed by atoms with Gasteiger partial charge in [-0.15, -0.1) is 0 Å². The highest BCUT2D eigenvalue weighted by atomic mass is 35.5. The zero-order valence-corrected chi connectivity index (χ0v) is 10.2. The van der Waals surface area contributed by atoms with Crippen molar-refractivity contribution in [3.8, 4) is 0 Å². The van der Waals surface area contributed by atoms with E-state index in [0.29, 0.717) is 10.6 Å². The number of amides is 1. The molecule has 0 aliphatic heterocycles. The second-order valence-corrected chi connectivity index (χ2v) is 4.22. The van der Waals surface area contributed by atoms with E-state index in [1.165, 1.54) is 0 Å². The predicted molar refractivity (Wildman–Crippen MR) is 70.6 cm³/mol. The molecule has 2 rings (SSSR count). The maximum absolute atomic E-state index is 12.0. The average molecular weight is 246 g/mol. The Balaban J connectivity index is 2.23. The molecule has 0 aromatic heterocycles. The number of aryl methyl sites for hydroxylation is 1. The fourth-order valence-electron chi connectivity index (χ4n) is 1.56. The van der Waals surface area contributed by atoms with E-state index in [4.69, 9.17) is 11.6 Å². The van der Waals surface area contributed by atoms with Gasteiger partial charge in [0.05, 0.1) is 0 Å². The maximum atomic E-state index is 12.0. The second-order valence-electron chi connectivity index (χ2n) is 3.78. The minimum atomic E-state index is -0.142. The largest absolute Gasteiger partial charge is 0.322 e. The van der Waals surface area contributed by atoms with Gasteiger partial charge in [-0.05, 0) is 36.8 Å². The number of para-hydroxylation sites is 1. The molecule has 0 aliphatic rings. The SMILES string of the molecule is Cc1ccc(Cl)cc1C(=O)Nc1ccccc1. The van der Waals surface area contributed by atoms with Crippen molar-refractivity contribution >= 4 is 23.2 Å². The first-order chi connectivity index (χ1) is 8.16. The van der Waals surface area contributed by atoms with Crippen LogP contribution >= 0.6 is 11.6 Å². The Kier molecular flexibility index (Phi) is 3.45. The van der Waals surface area contributed by atoms with Crippen molar-refractivity contribution in [2.45, 2.75) is 6.92 Å². The molecule has 0 heterocycles. The molecule has 0 bridgehead atoms. The summed E-state index contributed by atoms with van der Waals surface area (Å²) in [5, 5.41) is 3.39.